The molecule has 0 atom stereocenters. The van der Waals surface area contributed by atoms with E-state index in [2.05, 4.69) is 55.3 Å². The van der Waals surface area contributed by atoms with Crippen molar-refractivity contribution in [1.82, 2.24) is 0 Å². The third-order valence-corrected chi connectivity index (χ3v) is 3.63. The molecule has 0 aliphatic heterocycles. The topological polar surface area (TPSA) is 35.5 Å². The molecule has 0 saturated carbocycles. The normalized spacial score (nSPS) is 10.8. The summed E-state index contributed by atoms with van der Waals surface area (Å²) < 4.78 is 0. The third kappa shape index (κ3) is 5.41. The maximum absolute atomic E-state index is 9.07. The number of likely N-dealkylation sites (N-methyl/N-ethyl adjacent to an activating group) is 1. The van der Waals surface area contributed by atoms with Crippen LogP contribution in [0.1, 0.15) is 46.5 Å². The van der Waals surface area contributed by atoms with Crippen LogP contribution in [0.15, 0.2) is 24.3 Å². The SMILES string of the molecule is CCCC(CCC)Nc1ccc(N(CC)CCO)cc1. The minimum Gasteiger partial charge on any atom is -0.395 e. The van der Waals surface area contributed by atoms with Crippen molar-refractivity contribution in [3.8, 4) is 0 Å². The van der Waals surface area contributed by atoms with Crippen LogP contribution in [0.5, 0.6) is 0 Å². The van der Waals surface area contributed by atoms with Gasteiger partial charge < -0.3 is 15.3 Å². The number of hydrogen-bond acceptors (Lipinski definition) is 3. The third-order valence-electron chi connectivity index (χ3n) is 3.63. The average Bonchev–Trinajstić information content (AvgIpc) is 2.46. The van der Waals surface area contributed by atoms with Crippen molar-refractivity contribution >= 4 is 11.4 Å². The van der Waals surface area contributed by atoms with E-state index in [0.717, 1.165) is 6.54 Å². The van der Waals surface area contributed by atoms with Crippen LogP contribution in [0.4, 0.5) is 11.4 Å². The Labute approximate surface area is 124 Å². The number of nitrogens with zero attached hydrogens (tertiary/aromatic N) is 1. The average molecular weight is 278 g/mol. The zero-order valence-corrected chi connectivity index (χ0v) is 13.2. The van der Waals surface area contributed by atoms with Crippen LogP contribution in [0.2, 0.25) is 0 Å². The van der Waals surface area contributed by atoms with Crippen LogP contribution in [0.3, 0.4) is 0 Å². The molecule has 1 rings (SSSR count). The maximum Gasteiger partial charge on any atom is 0.0606 e. The molecule has 20 heavy (non-hydrogen) atoms. The number of aliphatic hydroxyl groups excluding tert-OH is 1. The molecule has 0 bridgehead atoms. The van der Waals surface area contributed by atoms with E-state index >= 15 is 0 Å². The van der Waals surface area contributed by atoms with E-state index in [9.17, 15) is 0 Å². The molecule has 0 aromatic heterocycles. The van der Waals surface area contributed by atoms with Crippen LogP contribution in [-0.4, -0.2) is 30.8 Å². The van der Waals surface area contributed by atoms with E-state index in [1.165, 1.54) is 37.1 Å². The minimum absolute atomic E-state index is 0.197. The summed E-state index contributed by atoms with van der Waals surface area (Å²) in [4.78, 5) is 2.18. The highest BCUT2D eigenvalue weighted by atomic mass is 16.3. The molecule has 0 fully saturated rings. The van der Waals surface area contributed by atoms with Crippen LogP contribution >= 0.6 is 0 Å². The van der Waals surface area contributed by atoms with E-state index in [1.54, 1.807) is 0 Å². The standard InChI is InChI=1S/C17H30N2O/c1-4-7-15(8-5-2)18-16-9-11-17(12-10-16)19(6-3)13-14-20/h9-12,15,18,20H,4-8,13-14H2,1-3H3. The summed E-state index contributed by atoms with van der Waals surface area (Å²) in [5.74, 6) is 0. The first-order valence-electron chi connectivity index (χ1n) is 7.97. The van der Waals surface area contributed by atoms with Gasteiger partial charge in [0.2, 0.25) is 0 Å². The van der Waals surface area contributed by atoms with E-state index in [4.69, 9.17) is 5.11 Å². The van der Waals surface area contributed by atoms with Crippen LogP contribution in [0, 0.1) is 0 Å². The molecule has 3 heteroatoms. The number of anilines is 2. The zero-order chi connectivity index (χ0) is 14.8. The molecule has 1 aromatic carbocycles. The lowest BCUT2D eigenvalue weighted by Gasteiger charge is -2.23. The molecule has 0 spiro atoms. The van der Waals surface area contributed by atoms with Crippen molar-refractivity contribution in [3.63, 3.8) is 0 Å². The Morgan fingerprint density at radius 1 is 1.05 bits per heavy atom. The molecule has 114 valence electrons. The summed E-state index contributed by atoms with van der Waals surface area (Å²) in [6, 6.07) is 9.14. The predicted molar refractivity (Wildman–Crippen MR) is 88.6 cm³/mol. The van der Waals surface area contributed by atoms with Gasteiger partial charge in [-0.2, -0.15) is 0 Å². The van der Waals surface area contributed by atoms with Crippen molar-refractivity contribution in [1.29, 1.82) is 0 Å². The Balaban J connectivity index is 2.64. The van der Waals surface area contributed by atoms with Gasteiger partial charge in [-0.25, -0.2) is 0 Å². The van der Waals surface area contributed by atoms with Crippen LogP contribution in [-0.2, 0) is 0 Å². The van der Waals surface area contributed by atoms with E-state index in [-0.39, 0.29) is 6.61 Å². The molecule has 0 amide bonds. The van der Waals surface area contributed by atoms with E-state index < -0.39 is 0 Å². The summed E-state index contributed by atoms with van der Waals surface area (Å²) >= 11 is 0. The summed E-state index contributed by atoms with van der Waals surface area (Å²) in [6.45, 7) is 8.39. The first-order valence-corrected chi connectivity index (χ1v) is 7.97. The summed E-state index contributed by atoms with van der Waals surface area (Å²) in [7, 11) is 0. The van der Waals surface area contributed by atoms with E-state index in [1.807, 2.05) is 0 Å². The van der Waals surface area contributed by atoms with Gasteiger partial charge in [-0.05, 0) is 44.0 Å². The Morgan fingerprint density at radius 2 is 1.65 bits per heavy atom. The van der Waals surface area contributed by atoms with Gasteiger partial charge in [0.05, 0.1) is 6.61 Å². The first-order chi connectivity index (χ1) is 9.74. The lowest BCUT2D eigenvalue weighted by Crippen LogP contribution is -2.26. The Hall–Kier alpha value is -1.22. The first kappa shape index (κ1) is 16.8. The van der Waals surface area contributed by atoms with Crippen molar-refractivity contribution < 1.29 is 5.11 Å². The molecular weight excluding hydrogens is 248 g/mol. The summed E-state index contributed by atoms with van der Waals surface area (Å²) in [5.41, 5.74) is 2.37. The molecule has 0 heterocycles. The lowest BCUT2D eigenvalue weighted by molar-refractivity contribution is 0.302. The molecule has 1 aromatic rings. The largest absolute Gasteiger partial charge is 0.395 e. The highest BCUT2D eigenvalue weighted by Gasteiger charge is 2.07. The maximum atomic E-state index is 9.07. The van der Waals surface area contributed by atoms with Crippen molar-refractivity contribution in [2.24, 2.45) is 0 Å². The molecule has 3 nitrogen and oxygen atoms in total. The van der Waals surface area contributed by atoms with Gasteiger partial charge in [0.25, 0.3) is 0 Å². The van der Waals surface area contributed by atoms with Crippen molar-refractivity contribution in [2.75, 3.05) is 29.9 Å². The van der Waals surface area contributed by atoms with Gasteiger partial charge in [-0.1, -0.05) is 26.7 Å². The Morgan fingerprint density at radius 3 is 2.10 bits per heavy atom. The fourth-order valence-electron chi connectivity index (χ4n) is 2.58. The number of aliphatic hydroxyl groups is 1. The molecule has 0 aliphatic rings. The second kappa shape index (κ2) is 9.65. The molecule has 0 saturated heterocycles. The minimum atomic E-state index is 0.197. The van der Waals surface area contributed by atoms with Gasteiger partial charge >= 0.3 is 0 Å². The van der Waals surface area contributed by atoms with Gasteiger partial charge in [0.15, 0.2) is 0 Å². The zero-order valence-electron chi connectivity index (χ0n) is 13.2. The van der Waals surface area contributed by atoms with Gasteiger partial charge in [-0.15, -0.1) is 0 Å². The highest BCUT2D eigenvalue weighted by molar-refractivity contribution is 5.55. The smallest absolute Gasteiger partial charge is 0.0606 e. The van der Waals surface area contributed by atoms with Crippen molar-refractivity contribution in [3.05, 3.63) is 24.3 Å². The number of nitrogens with one attached hydrogen (secondary N) is 1. The number of rotatable bonds is 10. The fourth-order valence-corrected chi connectivity index (χ4v) is 2.58. The summed E-state index contributed by atoms with van der Waals surface area (Å²) in [5, 5.41) is 12.7. The second-order valence-corrected chi connectivity index (χ2v) is 5.27. The highest BCUT2D eigenvalue weighted by Crippen LogP contribution is 2.20. The van der Waals surface area contributed by atoms with Crippen molar-refractivity contribution in [2.45, 2.75) is 52.5 Å². The summed E-state index contributed by atoms with van der Waals surface area (Å²) in [6.07, 6.45) is 4.88. The van der Waals surface area contributed by atoms with E-state index in [0.29, 0.717) is 12.6 Å². The number of benzene rings is 1. The lowest BCUT2D eigenvalue weighted by atomic mass is 10.1. The quantitative estimate of drug-likeness (QED) is 0.681. The van der Waals surface area contributed by atoms with Crippen LogP contribution < -0.4 is 10.2 Å². The van der Waals surface area contributed by atoms with Gasteiger partial charge in [0, 0.05) is 30.5 Å². The van der Waals surface area contributed by atoms with Crippen LogP contribution in [0.25, 0.3) is 0 Å². The predicted octanol–water partition coefficient (Wildman–Crippen LogP) is 3.89. The Kier molecular flexibility index (Phi) is 8.12. The monoisotopic (exact) mass is 278 g/mol. The molecule has 2 N–H and O–H groups in total. The van der Waals surface area contributed by atoms with Gasteiger partial charge in [-0.3, -0.25) is 0 Å². The molecule has 0 aliphatic carbocycles. The molecule has 0 radical (unpaired) electrons. The van der Waals surface area contributed by atoms with Gasteiger partial charge in [0.1, 0.15) is 0 Å². The molecule has 0 unspecified atom stereocenters. The second-order valence-electron chi connectivity index (χ2n) is 5.27. The Bertz CT molecular complexity index is 345. The number of hydrogen-bond donors (Lipinski definition) is 2. The molecular formula is C17H30N2O. The fraction of sp³-hybridized carbons (Fsp3) is 0.647.